The molecule has 2 heteroatoms. The fourth-order valence-electron chi connectivity index (χ4n) is 6.29. The fraction of sp³-hybridized carbons (Fsp3) is 0.667. The number of fused-ring (bicyclic) bond motifs is 1. The molecule has 4 atom stereocenters. The van der Waals surface area contributed by atoms with E-state index in [2.05, 4.69) is 12.7 Å². The van der Waals surface area contributed by atoms with Crippen LogP contribution in [0.2, 0.25) is 0 Å². The molecule has 0 nitrogen and oxygen atoms in total. The molecule has 0 heterocycles. The van der Waals surface area contributed by atoms with Gasteiger partial charge in [0, 0.05) is 0 Å². The number of benzene rings is 1. The molecule has 0 aliphatic heterocycles. The fourth-order valence-corrected chi connectivity index (χ4v) is 6.29. The average molecular weight is 359 g/mol. The normalized spacial score (nSPS) is 37.8. The smallest absolute Gasteiger partial charge is 0.159 e. The monoisotopic (exact) mass is 358 g/mol. The minimum atomic E-state index is -0.731. The molecule has 4 unspecified atom stereocenters. The van der Waals surface area contributed by atoms with Gasteiger partial charge in [-0.25, -0.2) is 8.78 Å². The Kier molecular flexibility index (Phi) is 5.47. The van der Waals surface area contributed by atoms with Crippen LogP contribution in [0.15, 0.2) is 30.9 Å². The van der Waals surface area contributed by atoms with Crippen molar-refractivity contribution in [2.24, 2.45) is 29.6 Å². The standard InChI is InChI=1S/C24H32F2/c1-2-16-3-4-21-14-20(10-9-19(21)13-16)17-5-7-18(8-6-17)22-11-12-23(25)24(26)15-22/h2,11-12,15-21H,1,3-10,13-14H2. The van der Waals surface area contributed by atoms with Gasteiger partial charge < -0.3 is 0 Å². The Morgan fingerprint density at radius 3 is 2.04 bits per heavy atom. The van der Waals surface area contributed by atoms with Crippen LogP contribution in [-0.2, 0) is 0 Å². The average Bonchev–Trinajstić information content (AvgIpc) is 2.69. The summed E-state index contributed by atoms with van der Waals surface area (Å²) >= 11 is 0. The lowest BCUT2D eigenvalue weighted by Gasteiger charge is -2.45. The predicted molar refractivity (Wildman–Crippen MR) is 103 cm³/mol. The van der Waals surface area contributed by atoms with E-state index in [0.29, 0.717) is 5.92 Å². The minimum Gasteiger partial charge on any atom is -0.204 e. The molecule has 3 aliphatic carbocycles. The Labute approximate surface area is 157 Å². The molecule has 0 bridgehead atoms. The molecule has 4 rings (SSSR count). The summed E-state index contributed by atoms with van der Waals surface area (Å²) in [6.45, 7) is 4.01. The molecule has 0 spiro atoms. The molecule has 26 heavy (non-hydrogen) atoms. The molecule has 0 N–H and O–H groups in total. The summed E-state index contributed by atoms with van der Waals surface area (Å²) in [5, 5.41) is 0. The summed E-state index contributed by atoms with van der Waals surface area (Å²) in [6, 6.07) is 4.49. The van der Waals surface area contributed by atoms with Crippen molar-refractivity contribution in [1.29, 1.82) is 0 Å². The number of hydrogen-bond donors (Lipinski definition) is 0. The highest BCUT2D eigenvalue weighted by molar-refractivity contribution is 5.22. The van der Waals surface area contributed by atoms with E-state index in [1.165, 1.54) is 63.5 Å². The van der Waals surface area contributed by atoms with Gasteiger partial charge in [-0.3, -0.25) is 0 Å². The molecule has 3 saturated carbocycles. The summed E-state index contributed by atoms with van der Waals surface area (Å²) in [7, 11) is 0. The van der Waals surface area contributed by atoms with Gasteiger partial charge in [-0.1, -0.05) is 12.1 Å². The number of allylic oxidation sites excluding steroid dienone is 1. The highest BCUT2D eigenvalue weighted by Gasteiger charge is 2.38. The van der Waals surface area contributed by atoms with Crippen molar-refractivity contribution in [3.63, 3.8) is 0 Å². The van der Waals surface area contributed by atoms with Gasteiger partial charge in [-0.2, -0.15) is 0 Å². The molecule has 0 amide bonds. The van der Waals surface area contributed by atoms with E-state index >= 15 is 0 Å². The second kappa shape index (κ2) is 7.82. The van der Waals surface area contributed by atoms with Crippen LogP contribution in [0.1, 0.15) is 75.7 Å². The van der Waals surface area contributed by atoms with Crippen molar-refractivity contribution >= 4 is 0 Å². The molecule has 1 aromatic rings. The summed E-state index contributed by atoms with van der Waals surface area (Å²) < 4.78 is 26.7. The van der Waals surface area contributed by atoms with Crippen LogP contribution in [-0.4, -0.2) is 0 Å². The SMILES string of the molecule is C=CC1CCC2CC(C3CCC(c4ccc(F)c(F)c4)CC3)CCC2C1. The van der Waals surface area contributed by atoms with Crippen LogP contribution in [0.4, 0.5) is 8.78 Å². The first-order chi connectivity index (χ1) is 12.6. The van der Waals surface area contributed by atoms with Gasteiger partial charge in [-0.05, 0) is 117 Å². The van der Waals surface area contributed by atoms with E-state index in [9.17, 15) is 8.78 Å². The maximum absolute atomic E-state index is 13.5. The maximum atomic E-state index is 13.5. The van der Waals surface area contributed by atoms with Gasteiger partial charge in [-0.15, -0.1) is 6.58 Å². The van der Waals surface area contributed by atoms with Crippen molar-refractivity contribution < 1.29 is 8.78 Å². The van der Waals surface area contributed by atoms with Crippen molar-refractivity contribution in [3.05, 3.63) is 48.1 Å². The van der Waals surface area contributed by atoms with Crippen LogP contribution in [0.3, 0.4) is 0 Å². The van der Waals surface area contributed by atoms with Crippen molar-refractivity contribution in [2.75, 3.05) is 0 Å². The van der Waals surface area contributed by atoms with Crippen molar-refractivity contribution in [2.45, 2.75) is 70.1 Å². The molecular formula is C24H32F2. The van der Waals surface area contributed by atoms with Crippen LogP contribution >= 0.6 is 0 Å². The van der Waals surface area contributed by atoms with Crippen LogP contribution in [0.25, 0.3) is 0 Å². The van der Waals surface area contributed by atoms with Crippen LogP contribution < -0.4 is 0 Å². The Balaban J connectivity index is 1.31. The summed E-state index contributed by atoms with van der Waals surface area (Å²) in [4.78, 5) is 0. The Morgan fingerprint density at radius 2 is 1.35 bits per heavy atom. The van der Waals surface area contributed by atoms with Crippen molar-refractivity contribution in [1.82, 2.24) is 0 Å². The Bertz CT molecular complexity index is 629. The lowest BCUT2D eigenvalue weighted by molar-refractivity contribution is 0.0719. The van der Waals surface area contributed by atoms with E-state index < -0.39 is 11.6 Å². The molecular weight excluding hydrogens is 326 g/mol. The summed E-state index contributed by atoms with van der Waals surface area (Å²) in [5.74, 6) is 3.41. The van der Waals surface area contributed by atoms with E-state index in [1.54, 1.807) is 6.07 Å². The largest absolute Gasteiger partial charge is 0.204 e. The molecule has 0 aromatic heterocycles. The Hall–Kier alpha value is -1.18. The second-order valence-corrected chi connectivity index (χ2v) is 9.19. The third-order valence-electron chi connectivity index (χ3n) is 7.88. The number of hydrogen-bond acceptors (Lipinski definition) is 0. The van der Waals surface area contributed by atoms with E-state index in [4.69, 9.17) is 0 Å². The summed E-state index contributed by atoms with van der Waals surface area (Å²) in [5.41, 5.74) is 0.994. The molecule has 0 radical (unpaired) electrons. The van der Waals surface area contributed by atoms with Gasteiger partial charge in [0.15, 0.2) is 11.6 Å². The van der Waals surface area contributed by atoms with E-state index in [1.807, 2.05) is 0 Å². The minimum absolute atomic E-state index is 0.417. The second-order valence-electron chi connectivity index (χ2n) is 9.19. The van der Waals surface area contributed by atoms with Gasteiger partial charge in [0.1, 0.15) is 0 Å². The van der Waals surface area contributed by atoms with Crippen LogP contribution in [0.5, 0.6) is 0 Å². The first-order valence-corrected chi connectivity index (χ1v) is 10.7. The highest BCUT2D eigenvalue weighted by atomic mass is 19.2. The highest BCUT2D eigenvalue weighted by Crippen LogP contribution is 2.50. The number of halogens is 2. The lowest BCUT2D eigenvalue weighted by atomic mass is 9.61. The third kappa shape index (κ3) is 3.75. The zero-order valence-electron chi connectivity index (χ0n) is 15.8. The Morgan fingerprint density at radius 1 is 0.731 bits per heavy atom. The first-order valence-electron chi connectivity index (χ1n) is 10.7. The maximum Gasteiger partial charge on any atom is 0.159 e. The predicted octanol–water partition coefficient (Wildman–Crippen LogP) is 7.26. The van der Waals surface area contributed by atoms with Gasteiger partial charge in [0.25, 0.3) is 0 Å². The van der Waals surface area contributed by atoms with Gasteiger partial charge >= 0.3 is 0 Å². The molecule has 0 saturated heterocycles. The third-order valence-corrected chi connectivity index (χ3v) is 7.88. The molecule has 1 aromatic carbocycles. The van der Waals surface area contributed by atoms with Crippen molar-refractivity contribution in [3.8, 4) is 0 Å². The summed E-state index contributed by atoms with van der Waals surface area (Å²) in [6.07, 6.45) is 15.4. The quantitative estimate of drug-likeness (QED) is 0.499. The molecule has 142 valence electrons. The van der Waals surface area contributed by atoms with E-state index in [0.717, 1.165) is 48.0 Å². The molecule has 3 aliphatic rings. The topological polar surface area (TPSA) is 0 Å². The van der Waals surface area contributed by atoms with Crippen LogP contribution in [0, 0.1) is 41.2 Å². The first kappa shape index (κ1) is 18.2. The zero-order valence-corrected chi connectivity index (χ0v) is 15.8. The zero-order chi connectivity index (χ0) is 18.1. The van der Waals surface area contributed by atoms with E-state index in [-0.39, 0.29) is 0 Å². The lowest BCUT2D eigenvalue weighted by Crippen LogP contribution is -2.34. The molecule has 3 fully saturated rings. The van der Waals surface area contributed by atoms with Gasteiger partial charge in [0.2, 0.25) is 0 Å². The van der Waals surface area contributed by atoms with Gasteiger partial charge in [0.05, 0.1) is 0 Å². The number of rotatable bonds is 3.